The van der Waals surface area contributed by atoms with Crippen LogP contribution in [0, 0.1) is 5.92 Å². The Hall–Kier alpha value is -0.530. The predicted octanol–water partition coefficient (Wildman–Crippen LogP) is 8.88. The van der Waals surface area contributed by atoms with Gasteiger partial charge >= 0.3 is 0 Å². The molecule has 0 aliphatic carbocycles. The van der Waals surface area contributed by atoms with Gasteiger partial charge in [-0.1, -0.05) is 128 Å². The van der Waals surface area contributed by atoms with Crippen molar-refractivity contribution in [1.29, 1.82) is 0 Å². The van der Waals surface area contributed by atoms with Gasteiger partial charge in [-0.05, 0) is 37.2 Å². The summed E-state index contributed by atoms with van der Waals surface area (Å²) in [5, 5.41) is 0. The van der Waals surface area contributed by atoms with Crippen LogP contribution < -0.4 is 5.73 Å². The van der Waals surface area contributed by atoms with Crippen molar-refractivity contribution in [3.63, 3.8) is 0 Å². The third kappa shape index (κ3) is 12.7. The molecule has 2 heteroatoms. The van der Waals surface area contributed by atoms with Gasteiger partial charge in [0.1, 0.15) is 0 Å². The molecule has 0 fully saturated rings. The van der Waals surface area contributed by atoms with Gasteiger partial charge in [0.05, 0.1) is 0 Å². The Bertz CT molecular complexity index is 455. The van der Waals surface area contributed by atoms with Crippen LogP contribution in [0.25, 0.3) is 0 Å². The van der Waals surface area contributed by atoms with Crippen LogP contribution in [0.2, 0.25) is 0 Å². The minimum atomic E-state index is -0.00633. The van der Waals surface area contributed by atoms with Gasteiger partial charge in [-0.25, -0.2) is 0 Å². The summed E-state index contributed by atoms with van der Waals surface area (Å²) in [7, 11) is 0. The molecule has 1 rings (SSSR count). The van der Waals surface area contributed by atoms with Gasteiger partial charge in [0, 0.05) is 5.54 Å². The number of halogens is 1. The van der Waals surface area contributed by atoms with Crippen molar-refractivity contribution < 1.29 is 0 Å². The maximum Gasteiger partial charge on any atom is 0.0180 e. The largest absolute Gasteiger partial charge is 0.325 e. The molecule has 0 aromatic heterocycles. The molecule has 2 N–H and O–H groups in total. The molecule has 1 aromatic rings. The number of unbranched alkanes of at least 4 members (excludes halogenated alkanes) is 11. The first-order valence-corrected chi connectivity index (χ1v) is 12.5. The first-order valence-electron chi connectivity index (χ1n) is 12.5. The first-order chi connectivity index (χ1) is 13.7. The molecule has 1 aromatic carbocycles. The summed E-state index contributed by atoms with van der Waals surface area (Å²) in [5.41, 5.74) is 8.27. The Balaban J connectivity index is 0.00000784. The van der Waals surface area contributed by atoms with Gasteiger partial charge in [0.25, 0.3) is 0 Å². The third-order valence-electron chi connectivity index (χ3n) is 6.86. The number of hydrogen-bond donors (Lipinski definition) is 1. The molecule has 1 unspecified atom stereocenters. The first kappa shape index (κ1) is 28.5. The van der Waals surface area contributed by atoms with E-state index in [4.69, 9.17) is 5.73 Å². The van der Waals surface area contributed by atoms with Crippen LogP contribution in [-0.2, 0) is 6.42 Å². The number of benzene rings is 1. The van der Waals surface area contributed by atoms with Gasteiger partial charge in [0.2, 0.25) is 0 Å². The van der Waals surface area contributed by atoms with E-state index in [0.29, 0.717) is 5.92 Å². The number of rotatable bonds is 18. The van der Waals surface area contributed by atoms with Crippen molar-refractivity contribution in [2.45, 2.75) is 129 Å². The maximum absolute atomic E-state index is 6.83. The molecular formula is C27H50ClN. The molecule has 1 atom stereocenters. The van der Waals surface area contributed by atoms with E-state index in [-0.39, 0.29) is 17.9 Å². The lowest BCUT2D eigenvalue weighted by molar-refractivity contribution is 0.229. The molecule has 0 aliphatic heterocycles. The van der Waals surface area contributed by atoms with Crippen molar-refractivity contribution >= 4 is 12.4 Å². The Kier molecular flexibility index (Phi) is 17.9. The Labute approximate surface area is 189 Å². The average molecular weight is 424 g/mol. The van der Waals surface area contributed by atoms with Crippen molar-refractivity contribution in [3.05, 3.63) is 35.9 Å². The molecule has 0 saturated carbocycles. The number of hydrogen-bond acceptors (Lipinski definition) is 1. The highest BCUT2D eigenvalue weighted by atomic mass is 35.5. The monoisotopic (exact) mass is 423 g/mol. The van der Waals surface area contributed by atoms with E-state index in [9.17, 15) is 0 Å². The standard InChI is InChI=1S/C27H49N.ClH/c1-4-7-8-9-10-11-12-13-14-15-16-20-23-26(27(28,5-2)6-3)24-25-21-18-17-19-22-25;/h17-19,21-22,26H,4-16,20,23-24,28H2,1-3H3;1H. The molecule has 29 heavy (non-hydrogen) atoms. The van der Waals surface area contributed by atoms with E-state index in [1.807, 2.05) is 0 Å². The molecule has 0 bridgehead atoms. The SMILES string of the molecule is CCCCCCCCCCCCCCC(Cc1ccccc1)C(N)(CC)CC.Cl. The predicted molar refractivity (Wildman–Crippen MR) is 134 cm³/mol. The van der Waals surface area contributed by atoms with Crippen LogP contribution in [-0.4, -0.2) is 5.54 Å². The second-order valence-electron chi connectivity index (χ2n) is 9.00. The summed E-state index contributed by atoms with van der Waals surface area (Å²) in [6.45, 7) is 6.83. The third-order valence-corrected chi connectivity index (χ3v) is 6.86. The summed E-state index contributed by atoms with van der Waals surface area (Å²) in [6, 6.07) is 11.0. The number of nitrogens with two attached hydrogens (primary N) is 1. The van der Waals surface area contributed by atoms with Gasteiger partial charge < -0.3 is 5.73 Å². The fraction of sp³-hybridized carbons (Fsp3) is 0.778. The topological polar surface area (TPSA) is 26.0 Å². The van der Waals surface area contributed by atoms with E-state index in [2.05, 4.69) is 51.1 Å². The minimum absolute atomic E-state index is 0. The van der Waals surface area contributed by atoms with E-state index < -0.39 is 0 Å². The van der Waals surface area contributed by atoms with E-state index in [1.54, 1.807) is 0 Å². The molecule has 0 saturated heterocycles. The zero-order valence-corrected chi connectivity index (χ0v) is 20.6. The molecule has 0 heterocycles. The lowest BCUT2D eigenvalue weighted by atomic mass is 9.74. The zero-order chi connectivity index (χ0) is 20.5. The highest BCUT2D eigenvalue weighted by Gasteiger charge is 2.30. The van der Waals surface area contributed by atoms with Crippen LogP contribution >= 0.6 is 12.4 Å². The summed E-state index contributed by atoms with van der Waals surface area (Å²) in [5.74, 6) is 0.605. The zero-order valence-electron chi connectivity index (χ0n) is 19.8. The molecule has 1 nitrogen and oxygen atoms in total. The molecule has 0 spiro atoms. The molecule has 0 radical (unpaired) electrons. The van der Waals surface area contributed by atoms with Gasteiger partial charge in [-0.2, -0.15) is 0 Å². The van der Waals surface area contributed by atoms with Crippen LogP contribution in [0.4, 0.5) is 0 Å². The Morgan fingerprint density at radius 2 is 1.14 bits per heavy atom. The highest BCUT2D eigenvalue weighted by Crippen LogP contribution is 2.30. The molecule has 0 aliphatic rings. The van der Waals surface area contributed by atoms with E-state index >= 15 is 0 Å². The van der Waals surface area contributed by atoms with Crippen LogP contribution in [0.3, 0.4) is 0 Å². The Morgan fingerprint density at radius 3 is 1.59 bits per heavy atom. The van der Waals surface area contributed by atoms with Crippen molar-refractivity contribution in [3.8, 4) is 0 Å². The highest BCUT2D eigenvalue weighted by molar-refractivity contribution is 5.85. The van der Waals surface area contributed by atoms with Crippen molar-refractivity contribution in [2.24, 2.45) is 11.7 Å². The average Bonchev–Trinajstić information content (AvgIpc) is 2.73. The minimum Gasteiger partial charge on any atom is -0.325 e. The molecular weight excluding hydrogens is 374 g/mol. The van der Waals surface area contributed by atoms with E-state index in [1.165, 1.54) is 89.0 Å². The fourth-order valence-corrected chi connectivity index (χ4v) is 4.55. The maximum atomic E-state index is 6.83. The summed E-state index contributed by atoms with van der Waals surface area (Å²) in [4.78, 5) is 0. The second kappa shape index (κ2) is 18.3. The normalized spacial score (nSPS) is 12.6. The molecule has 170 valence electrons. The second-order valence-corrected chi connectivity index (χ2v) is 9.00. The van der Waals surface area contributed by atoms with Crippen LogP contribution in [0.1, 0.15) is 123 Å². The summed E-state index contributed by atoms with van der Waals surface area (Å²) in [6.07, 6.45) is 21.6. The summed E-state index contributed by atoms with van der Waals surface area (Å²) < 4.78 is 0. The van der Waals surface area contributed by atoms with Gasteiger partial charge in [0.15, 0.2) is 0 Å². The van der Waals surface area contributed by atoms with Crippen molar-refractivity contribution in [2.75, 3.05) is 0 Å². The lowest BCUT2D eigenvalue weighted by Crippen LogP contribution is -2.47. The lowest BCUT2D eigenvalue weighted by Gasteiger charge is -2.36. The van der Waals surface area contributed by atoms with E-state index in [0.717, 1.165) is 19.3 Å². The van der Waals surface area contributed by atoms with Crippen molar-refractivity contribution in [1.82, 2.24) is 0 Å². The van der Waals surface area contributed by atoms with Crippen LogP contribution in [0.5, 0.6) is 0 Å². The van der Waals surface area contributed by atoms with Gasteiger partial charge in [-0.15, -0.1) is 12.4 Å². The molecule has 0 amide bonds. The quantitative estimate of drug-likeness (QED) is 0.234. The fourth-order valence-electron chi connectivity index (χ4n) is 4.55. The van der Waals surface area contributed by atoms with Gasteiger partial charge in [-0.3, -0.25) is 0 Å². The van der Waals surface area contributed by atoms with Crippen LogP contribution in [0.15, 0.2) is 30.3 Å². The Morgan fingerprint density at radius 1 is 0.690 bits per heavy atom. The smallest absolute Gasteiger partial charge is 0.0180 e. The summed E-state index contributed by atoms with van der Waals surface area (Å²) >= 11 is 0.